The van der Waals surface area contributed by atoms with Crippen LogP contribution in [0.4, 0.5) is 10.1 Å². The average molecular weight is 329 g/mol. The number of anilines is 1. The van der Waals surface area contributed by atoms with Crippen molar-refractivity contribution < 1.29 is 14.0 Å². The fraction of sp³-hybridized carbons (Fsp3) is 0.222. The predicted molar refractivity (Wildman–Crippen MR) is 92.1 cm³/mol. The molecule has 126 valence electrons. The first-order chi connectivity index (χ1) is 11.5. The van der Waals surface area contributed by atoms with Crippen molar-refractivity contribution in [2.75, 3.05) is 5.32 Å². The summed E-state index contributed by atoms with van der Waals surface area (Å²) < 4.78 is 13.7. The Balaban J connectivity index is 1.90. The molecule has 0 radical (unpaired) electrons. The molecule has 1 unspecified atom stereocenters. The zero-order chi connectivity index (χ0) is 17.5. The van der Waals surface area contributed by atoms with Crippen LogP contribution in [0.2, 0.25) is 0 Å². The van der Waals surface area contributed by atoms with Gasteiger partial charge in [-0.25, -0.2) is 4.39 Å². The molecule has 0 saturated heterocycles. The van der Waals surface area contributed by atoms with Gasteiger partial charge < -0.3 is 15.9 Å². The first-order valence-electron chi connectivity index (χ1n) is 7.55. The number of hydrogen-bond acceptors (Lipinski definition) is 3. The first-order valence-corrected chi connectivity index (χ1v) is 7.55. The SMILES string of the molecule is Cc1ccc(NC(=O)C(C)O/N=C(/N)Cc2ccccc2)c(F)c1. The summed E-state index contributed by atoms with van der Waals surface area (Å²) >= 11 is 0. The van der Waals surface area contributed by atoms with Crippen molar-refractivity contribution in [3.05, 3.63) is 65.5 Å². The number of benzene rings is 2. The molecule has 0 saturated carbocycles. The summed E-state index contributed by atoms with van der Waals surface area (Å²) in [6.45, 7) is 3.28. The van der Waals surface area contributed by atoms with Gasteiger partial charge in [-0.15, -0.1) is 0 Å². The van der Waals surface area contributed by atoms with Crippen LogP contribution in [0.15, 0.2) is 53.7 Å². The number of halogens is 1. The lowest BCUT2D eigenvalue weighted by atomic mass is 10.1. The normalized spacial score (nSPS) is 12.5. The van der Waals surface area contributed by atoms with Crippen LogP contribution in [0.5, 0.6) is 0 Å². The minimum absolute atomic E-state index is 0.0993. The number of carbonyl (C=O) groups excluding carboxylic acids is 1. The monoisotopic (exact) mass is 329 g/mol. The predicted octanol–water partition coefficient (Wildman–Crippen LogP) is 2.99. The van der Waals surface area contributed by atoms with Crippen LogP contribution in [-0.2, 0) is 16.1 Å². The Morgan fingerprint density at radius 1 is 1.29 bits per heavy atom. The number of oxime groups is 1. The topological polar surface area (TPSA) is 76.7 Å². The number of nitrogens with zero attached hydrogens (tertiary/aromatic N) is 1. The second-order valence-electron chi connectivity index (χ2n) is 5.47. The molecule has 1 amide bonds. The number of aryl methyl sites for hydroxylation is 1. The Labute approximate surface area is 140 Å². The largest absolute Gasteiger partial charge is 0.384 e. The fourth-order valence-electron chi connectivity index (χ4n) is 1.99. The van der Waals surface area contributed by atoms with Gasteiger partial charge >= 0.3 is 0 Å². The molecule has 24 heavy (non-hydrogen) atoms. The van der Waals surface area contributed by atoms with Gasteiger partial charge in [0.05, 0.1) is 5.69 Å². The molecule has 0 fully saturated rings. The maximum atomic E-state index is 13.7. The van der Waals surface area contributed by atoms with E-state index in [9.17, 15) is 9.18 Å². The van der Waals surface area contributed by atoms with Gasteiger partial charge in [-0.1, -0.05) is 41.6 Å². The molecule has 0 bridgehead atoms. The molecule has 2 rings (SSSR count). The molecule has 1 atom stereocenters. The van der Waals surface area contributed by atoms with E-state index in [2.05, 4.69) is 10.5 Å². The Kier molecular flexibility index (Phi) is 5.89. The second kappa shape index (κ2) is 8.10. The summed E-state index contributed by atoms with van der Waals surface area (Å²) in [5.41, 5.74) is 7.64. The number of nitrogens with one attached hydrogen (secondary N) is 1. The van der Waals surface area contributed by atoms with Crippen molar-refractivity contribution in [1.29, 1.82) is 0 Å². The van der Waals surface area contributed by atoms with E-state index < -0.39 is 17.8 Å². The summed E-state index contributed by atoms with van der Waals surface area (Å²) in [5, 5.41) is 6.22. The minimum Gasteiger partial charge on any atom is -0.384 e. The van der Waals surface area contributed by atoms with E-state index in [4.69, 9.17) is 10.6 Å². The van der Waals surface area contributed by atoms with Crippen molar-refractivity contribution in [2.24, 2.45) is 10.9 Å². The van der Waals surface area contributed by atoms with E-state index in [0.29, 0.717) is 6.42 Å². The molecular formula is C18H20FN3O2. The van der Waals surface area contributed by atoms with E-state index in [0.717, 1.165) is 11.1 Å². The molecule has 0 aliphatic carbocycles. The Bertz CT molecular complexity index is 732. The summed E-state index contributed by atoms with van der Waals surface area (Å²) in [4.78, 5) is 17.1. The van der Waals surface area contributed by atoms with Gasteiger partial charge in [0, 0.05) is 6.42 Å². The Morgan fingerprint density at radius 2 is 2.00 bits per heavy atom. The minimum atomic E-state index is -0.903. The highest BCUT2D eigenvalue weighted by Crippen LogP contribution is 2.15. The van der Waals surface area contributed by atoms with E-state index in [1.54, 1.807) is 13.0 Å². The number of nitrogens with two attached hydrogens (primary N) is 1. The molecule has 2 aromatic carbocycles. The molecule has 0 spiro atoms. The van der Waals surface area contributed by atoms with Crippen molar-refractivity contribution in [2.45, 2.75) is 26.4 Å². The zero-order valence-corrected chi connectivity index (χ0v) is 13.6. The number of hydrogen-bond donors (Lipinski definition) is 2. The van der Waals surface area contributed by atoms with Crippen LogP contribution in [0.1, 0.15) is 18.1 Å². The van der Waals surface area contributed by atoms with E-state index >= 15 is 0 Å². The lowest BCUT2D eigenvalue weighted by molar-refractivity contribution is -0.126. The van der Waals surface area contributed by atoms with Crippen LogP contribution in [0.25, 0.3) is 0 Å². The van der Waals surface area contributed by atoms with Gasteiger partial charge in [-0.05, 0) is 37.1 Å². The Hall–Kier alpha value is -2.89. The van der Waals surface area contributed by atoms with Crippen LogP contribution >= 0.6 is 0 Å². The van der Waals surface area contributed by atoms with Crippen LogP contribution in [0, 0.1) is 12.7 Å². The third-order valence-corrected chi connectivity index (χ3v) is 3.31. The number of amidine groups is 1. The maximum absolute atomic E-state index is 13.7. The number of carbonyl (C=O) groups is 1. The lowest BCUT2D eigenvalue weighted by Gasteiger charge is -2.12. The maximum Gasteiger partial charge on any atom is 0.268 e. The highest BCUT2D eigenvalue weighted by molar-refractivity contribution is 5.94. The number of rotatable bonds is 6. The van der Waals surface area contributed by atoms with E-state index in [1.807, 2.05) is 30.3 Å². The first kappa shape index (κ1) is 17.5. The van der Waals surface area contributed by atoms with Crippen LogP contribution in [-0.4, -0.2) is 17.8 Å². The van der Waals surface area contributed by atoms with Gasteiger partial charge in [0.1, 0.15) is 11.7 Å². The van der Waals surface area contributed by atoms with Crippen LogP contribution in [0.3, 0.4) is 0 Å². The second-order valence-corrected chi connectivity index (χ2v) is 5.47. The summed E-state index contributed by atoms with van der Waals surface area (Å²) in [5.74, 6) is -0.751. The van der Waals surface area contributed by atoms with Gasteiger partial charge in [0.2, 0.25) is 6.10 Å². The number of amides is 1. The summed E-state index contributed by atoms with van der Waals surface area (Å²) in [6, 6.07) is 14.1. The lowest BCUT2D eigenvalue weighted by Crippen LogP contribution is -2.28. The van der Waals surface area contributed by atoms with Gasteiger partial charge in [0.15, 0.2) is 0 Å². The van der Waals surface area contributed by atoms with Gasteiger partial charge in [-0.3, -0.25) is 4.79 Å². The average Bonchev–Trinajstić information content (AvgIpc) is 2.56. The molecule has 0 aliphatic rings. The summed E-state index contributed by atoms with van der Waals surface area (Å²) in [6.07, 6.45) is -0.484. The Morgan fingerprint density at radius 3 is 2.67 bits per heavy atom. The molecule has 2 aromatic rings. The zero-order valence-electron chi connectivity index (χ0n) is 13.6. The molecular weight excluding hydrogens is 309 g/mol. The van der Waals surface area contributed by atoms with Crippen molar-refractivity contribution in [3.63, 3.8) is 0 Å². The van der Waals surface area contributed by atoms with Crippen LogP contribution < -0.4 is 11.1 Å². The molecule has 0 heterocycles. The molecule has 0 aliphatic heterocycles. The molecule has 0 aromatic heterocycles. The molecule has 5 nitrogen and oxygen atoms in total. The standard InChI is InChI=1S/C18H20FN3O2/c1-12-8-9-16(15(19)10-12)21-18(23)13(2)24-22-17(20)11-14-6-4-3-5-7-14/h3-10,13H,11H2,1-2H3,(H2,20,22)(H,21,23). The van der Waals surface area contributed by atoms with Crippen molar-refractivity contribution in [3.8, 4) is 0 Å². The third-order valence-electron chi connectivity index (χ3n) is 3.31. The van der Waals surface area contributed by atoms with Gasteiger partial charge in [0.25, 0.3) is 5.91 Å². The van der Waals surface area contributed by atoms with Gasteiger partial charge in [-0.2, -0.15) is 0 Å². The highest BCUT2D eigenvalue weighted by Gasteiger charge is 2.16. The van der Waals surface area contributed by atoms with E-state index in [-0.39, 0.29) is 11.5 Å². The third kappa shape index (κ3) is 5.08. The fourth-order valence-corrected chi connectivity index (χ4v) is 1.99. The summed E-state index contributed by atoms with van der Waals surface area (Å²) in [7, 11) is 0. The quantitative estimate of drug-likeness (QED) is 0.486. The van der Waals surface area contributed by atoms with Crippen molar-refractivity contribution >= 4 is 17.4 Å². The smallest absolute Gasteiger partial charge is 0.268 e. The van der Waals surface area contributed by atoms with E-state index in [1.165, 1.54) is 19.1 Å². The van der Waals surface area contributed by atoms with Crippen molar-refractivity contribution in [1.82, 2.24) is 0 Å². The molecule has 3 N–H and O–H groups in total. The molecule has 6 heteroatoms. The highest BCUT2D eigenvalue weighted by atomic mass is 19.1.